The molecule has 2 aromatic carbocycles. The number of likely N-dealkylation sites (tertiary alicyclic amines) is 2. The van der Waals surface area contributed by atoms with Crippen LogP contribution in [0.5, 0.6) is 5.88 Å². The summed E-state index contributed by atoms with van der Waals surface area (Å²) in [5, 5.41) is 12.3. The van der Waals surface area contributed by atoms with E-state index < -0.39 is 24.3 Å². The van der Waals surface area contributed by atoms with Crippen molar-refractivity contribution in [1.29, 1.82) is 0 Å². The fourth-order valence-corrected chi connectivity index (χ4v) is 8.34. The predicted octanol–water partition coefficient (Wildman–Crippen LogP) is 6.43. The normalized spacial score (nSPS) is 17.6. The van der Waals surface area contributed by atoms with Crippen LogP contribution in [-0.2, 0) is 14.3 Å². The molecule has 0 spiro atoms. The van der Waals surface area contributed by atoms with E-state index in [0.717, 1.165) is 58.7 Å². The number of H-pyrrole nitrogens is 2. The molecule has 4 N–H and O–H groups in total. The summed E-state index contributed by atoms with van der Waals surface area (Å²) in [7, 11) is 4.28. The highest BCUT2D eigenvalue weighted by atomic mass is 16.5. The van der Waals surface area contributed by atoms with Gasteiger partial charge in [0, 0.05) is 31.3 Å². The molecule has 316 valence electrons. The molecule has 17 nitrogen and oxygen atoms in total. The molecule has 2 fully saturated rings. The second-order valence-electron chi connectivity index (χ2n) is 16.0. The second-order valence-corrected chi connectivity index (χ2v) is 16.0. The van der Waals surface area contributed by atoms with Gasteiger partial charge in [-0.25, -0.2) is 29.5 Å². The average molecular weight is 821 g/mol. The fourth-order valence-electron chi connectivity index (χ4n) is 8.34. The summed E-state index contributed by atoms with van der Waals surface area (Å²) in [6.45, 7) is 8.57. The lowest BCUT2D eigenvalue weighted by atomic mass is 10.0. The highest BCUT2D eigenvalue weighted by molar-refractivity contribution is 5.87. The van der Waals surface area contributed by atoms with E-state index in [9.17, 15) is 24.3 Å². The van der Waals surface area contributed by atoms with Crippen LogP contribution in [0.25, 0.3) is 44.8 Å². The maximum atomic E-state index is 13.7. The Morgan fingerprint density at radius 1 is 0.783 bits per heavy atom. The largest absolute Gasteiger partial charge is 0.479 e. The number of alkyl carbamates (subject to hydrolysis) is 1. The number of hydrogen-bond acceptors (Lipinski definition) is 10. The number of imidazole rings is 2. The van der Waals surface area contributed by atoms with Crippen LogP contribution in [0.15, 0.2) is 54.9 Å². The quantitative estimate of drug-likeness (QED) is 0.108. The molecule has 60 heavy (non-hydrogen) atoms. The number of amides is 4. The van der Waals surface area contributed by atoms with Gasteiger partial charge in [0.15, 0.2) is 0 Å². The second kappa shape index (κ2) is 17.4. The lowest BCUT2D eigenvalue weighted by molar-refractivity contribution is -0.138. The van der Waals surface area contributed by atoms with Crippen molar-refractivity contribution in [2.75, 3.05) is 34.4 Å². The van der Waals surface area contributed by atoms with Crippen molar-refractivity contribution < 1.29 is 33.8 Å². The van der Waals surface area contributed by atoms with Crippen LogP contribution in [0.1, 0.15) is 77.1 Å². The number of nitrogens with zero attached hydrogens (tertiary/aromatic N) is 7. The van der Waals surface area contributed by atoms with E-state index in [2.05, 4.69) is 25.3 Å². The van der Waals surface area contributed by atoms with Gasteiger partial charge < -0.3 is 39.7 Å². The number of benzene rings is 2. The Morgan fingerprint density at radius 3 is 1.90 bits per heavy atom. The van der Waals surface area contributed by atoms with E-state index in [1.807, 2.05) is 70.2 Å². The highest BCUT2D eigenvalue weighted by Gasteiger charge is 2.40. The van der Waals surface area contributed by atoms with Gasteiger partial charge in [-0.1, -0.05) is 58.0 Å². The Hall–Kier alpha value is -6.52. The standard InChI is InChI=1S/C43H52N10O7/c1-23(2)34(50-42(56)60-7)40(54)52-18-8-10-32(52)37-45-22-31(48-37)27-16-17-28-29(20-27)49-39(59-6)35(46-28)26-14-12-25(13-15-26)30-21-44-38(47-30)33-11-9-19-53(33)41(55)36(24(3)4)51(5)43(57)58/h12-17,20-24,32-34,36H,8-11,18-19H2,1-7H3,(H,44,47)(H,45,48)(H,50,56)(H,57,58)/t32-,33-,34-,36-/m0/s1. The van der Waals surface area contributed by atoms with E-state index >= 15 is 0 Å². The summed E-state index contributed by atoms with van der Waals surface area (Å²) in [6.07, 6.45) is 4.80. The van der Waals surface area contributed by atoms with E-state index in [1.54, 1.807) is 29.3 Å². The smallest absolute Gasteiger partial charge is 0.407 e. The zero-order valence-electron chi connectivity index (χ0n) is 34.9. The number of hydrogen-bond donors (Lipinski definition) is 4. The molecule has 7 rings (SSSR count). The number of nitrogens with one attached hydrogen (secondary N) is 3. The van der Waals surface area contributed by atoms with Gasteiger partial charge >= 0.3 is 12.2 Å². The minimum absolute atomic E-state index is 0.133. The molecular weight excluding hydrogens is 769 g/mol. The molecule has 0 saturated carbocycles. The number of carbonyl (C=O) groups excluding carboxylic acids is 3. The van der Waals surface area contributed by atoms with Crippen LogP contribution in [-0.4, -0.2) is 120 Å². The highest BCUT2D eigenvalue weighted by Crippen LogP contribution is 2.36. The molecule has 2 saturated heterocycles. The molecule has 2 aliphatic heterocycles. The first-order valence-electron chi connectivity index (χ1n) is 20.3. The predicted molar refractivity (Wildman–Crippen MR) is 223 cm³/mol. The SMILES string of the molecule is COC(=O)N[C@H](C(=O)N1CCC[C@H]1c1ncc(-c2ccc3nc(-c4ccc(-c5cnc([C@@H]6CCCN6C(=O)[C@H](C(C)C)N(C)C(=O)O)[nH]5)cc4)c(OC)nc3c2)[nH]1)C(C)C. The lowest BCUT2D eigenvalue weighted by Gasteiger charge is -2.33. The first-order chi connectivity index (χ1) is 28.8. The third kappa shape index (κ3) is 8.20. The Morgan fingerprint density at radius 2 is 1.35 bits per heavy atom. The van der Waals surface area contributed by atoms with Gasteiger partial charge in [0.05, 0.1) is 61.1 Å². The van der Waals surface area contributed by atoms with E-state index in [0.29, 0.717) is 47.3 Å². The van der Waals surface area contributed by atoms with Crippen molar-refractivity contribution in [3.63, 3.8) is 0 Å². The maximum Gasteiger partial charge on any atom is 0.407 e. The van der Waals surface area contributed by atoms with Crippen molar-refractivity contribution in [2.45, 2.75) is 77.5 Å². The van der Waals surface area contributed by atoms with Crippen LogP contribution in [0.2, 0.25) is 0 Å². The van der Waals surface area contributed by atoms with Gasteiger partial charge in [-0.3, -0.25) is 14.5 Å². The summed E-state index contributed by atoms with van der Waals surface area (Å²) in [5.74, 6) is 0.979. The number of carbonyl (C=O) groups is 4. The summed E-state index contributed by atoms with van der Waals surface area (Å²) < 4.78 is 10.5. The minimum atomic E-state index is -1.14. The summed E-state index contributed by atoms with van der Waals surface area (Å²) in [5.41, 5.74) is 5.97. The van der Waals surface area contributed by atoms with E-state index in [-0.39, 0.29) is 35.7 Å². The molecular formula is C43H52N10O7. The fraction of sp³-hybridized carbons (Fsp3) is 0.442. The number of fused-ring (bicyclic) bond motifs is 1. The summed E-state index contributed by atoms with van der Waals surface area (Å²) in [6, 6.07) is 11.5. The Kier molecular flexibility index (Phi) is 12.1. The lowest BCUT2D eigenvalue weighted by Crippen LogP contribution is -2.51. The molecule has 0 unspecified atom stereocenters. The summed E-state index contributed by atoms with van der Waals surface area (Å²) in [4.78, 5) is 81.6. The zero-order chi connectivity index (χ0) is 42.8. The number of methoxy groups -OCH3 is 2. The molecule has 17 heteroatoms. The number of ether oxygens (including phenoxy) is 2. The van der Waals surface area contributed by atoms with Gasteiger partial charge in [0.2, 0.25) is 17.7 Å². The topological polar surface area (TPSA) is 212 Å². The average Bonchev–Trinajstić information content (AvgIpc) is 4.08. The molecule has 0 bridgehead atoms. The Labute approximate surface area is 347 Å². The van der Waals surface area contributed by atoms with Crippen molar-refractivity contribution in [1.82, 2.24) is 49.9 Å². The molecule has 4 amide bonds. The van der Waals surface area contributed by atoms with E-state index in [4.69, 9.17) is 19.4 Å². The van der Waals surface area contributed by atoms with Gasteiger partial charge in [-0.05, 0) is 55.2 Å². The Balaban J connectivity index is 1.07. The molecule has 0 radical (unpaired) electrons. The van der Waals surface area contributed by atoms with Crippen LogP contribution in [0, 0.1) is 11.8 Å². The Bertz CT molecular complexity index is 2370. The molecule has 5 aromatic rings. The maximum absolute atomic E-state index is 13.7. The van der Waals surface area contributed by atoms with Gasteiger partial charge in [0.1, 0.15) is 29.4 Å². The van der Waals surface area contributed by atoms with Crippen molar-refractivity contribution in [3.8, 4) is 39.7 Å². The first kappa shape index (κ1) is 41.6. The van der Waals surface area contributed by atoms with Crippen LogP contribution in [0.3, 0.4) is 0 Å². The minimum Gasteiger partial charge on any atom is -0.479 e. The monoisotopic (exact) mass is 820 g/mol. The number of rotatable bonds is 12. The number of aromatic amines is 2. The van der Waals surface area contributed by atoms with Gasteiger partial charge in [-0.2, -0.15) is 0 Å². The van der Waals surface area contributed by atoms with Gasteiger partial charge in [0.25, 0.3) is 0 Å². The van der Waals surface area contributed by atoms with Crippen molar-refractivity contribution in [2.24, 2.45) is 11.8 Å². The van der Waals surface area contributed by atoms with Gasteiger partial charge in [-0.15, -0.1) is 0 Å². The molecule has 0 aliphatic carbocycles. The molecule has 5 heterocycles. The van der Waals surface area contributed by atoms with Crippen molar-refractivity contribution >= 4 is 35.0 Å². The number of aromatic nitrogens is 6. The molecule has 3 aromatic heterocycles. The van der Waals surface area contributed by atoms with Crippen molar-refractivity contribution in [3.05, 3.63) is 66.5 Å². The number of carboxylic acid groups (broad SMARTS) is 1. The van der Waals surface area contributed by atoms with Crippen LogP contribution >= 0.6 is 0 Å². The molecule has 4 atom stereocenters. The van der Waals surface area contributed by atoms with Crippen LogP contribution in [0.4, 0.5) is 9.59 Å². The number of likely N-dealkylation sites (N-methyl/N-ethyl adjacent to an activating group) is 1. The summed E-state index contributed by atoms with van der Waals surface area (Å²) >= 11 is 0. The van der Waals surface area contributed by atoms with Crippen LogP contribution < -0.4 is 10.1 Å². The molecule has 2 aliphatic rings. The third-order valence-electron chi connectivity index (χ3n) is 11.5. The third-order valence-corrected chi connectivity index (χ3v) is 11.5. The van der Waals surface area contributed by atoms with E-state index in [1.165, 1.54) is 14.2 Å². The zero-order valence-corrected chi connectivity index (χ0v) is 34.9. The first-order valence-corrected chi connectivity index (χ1v) is 20.3.